The van der Waals surface area contributed by atoms with Crippen molar-refractivity contribution in [3.8, 4) is 0 Å². The highest BCUT2D eigenvalue weighted by atomic mass is 19.1. The number of carbonyl (C=O) groups is 1. The number of benzene rings is 1. The highest BCUT2D eigenvalue weighted by molar-refractivity contribution is 6.08. The quantitative estimate of drug-likeness (QED) is 0.710. The monoisotopic (exact) mass is 208 g/mol. The minimum atomic E-state index is -0.776. The van der Waals surface area contributed by atoms with E-state index in [1.807, 2.05) is 0 Å². The molecule has 0 atom stereocenters. The fourth-order valence-electron chi connectivity index (χ4n) is 1.25. The van der Waals surface area contributed by atoms with Crippen molar-refractivity contribution in [2.75, 3.05) is 0 Å². The molecular weight excluding hydrogens is 202 g/mol. The highest BCUT2D eigenvalue weighted by Gasteiger charge is 2.12. The summed E-state index contributed by atoms with van der Waals surface area (Å²) in [4.78, 5) is 11.6. The van der Waals surface area contributed by atoms with Crippen molar-refractivity contribution in [1.82, 2.24) is 0 Å². The molecule has 0 saturated heterocycles. The number of furan rings is 1. The maximum absolute atomic E-state index is 12.8. The summed E-state index contributed by atoms with van der Waals surface area (Å²) in [6.45, 7) is 0. The summed E-state index contributed by atoms with van der Waals surface area (Å²) in [7, 11) is 0. The second kappa shape index (κ2) is 3.65. The van der Waals surface area contributed by atoms with E-state index >= 15 is 0 Å². The maximum Gasteiger partial charge on any atom is 0.196 e. The minimum Gasteiger partial charge on any atom is -0.472 e. The average molecular weight is 208 g/mol. The van der Waals surface area contributed by atoms with Crippen LogP contribution < -0.4 is 0 Å². The Morgan fingerprint density at radius 2 is 1.73 bits per heavy atom. The lowest BCUT2D eigenvalue weighted by atomic mass is 10.1. The SMILES string of the molecule is O=C(c1ccoc1)c1cc(F)cc(F)c1. The predicted octanol–water partition coefficient (Wildman–Crippen LogP) is 2.79. The van der Waals surface area contributed by atoms with Gasteiger partial charge in [0.15, 0.2) is 5.78 Å². The van der Waals surface area contributed by atoms with Crippen LogP contribution in [0, 0.1) is 11.6 Å². The van der Waals surface area contributed by atoms with E-state index in [9.17, 15) is 13.6 Å². The molecule has 0 amide bonds. The summed E-state index contributed by atoms with van der Waals surface area (Å²) < 4.78 is 30.3. The van der Waals surface area contributed by atoms with E-state index < -0.39 is 17.4 Å². The van der Waals surface area contributed by atoms with E-state index in [-0.39, 0.29) is 11.1 Å². The average Bonchev–Trinajstić information content (AvgIpc) is 2.67. The third-order valence-electron chi connectivity index (χ3n) is 1.91. The van der Waals surface area contributed by atoms with Crippen LogP contribution in [0.1, 0.15) is 15.9 Å². The van der Waals surface area contributed by atoms with Gasteiger partial charge >= 0.3 is 0 Å². The van der Waals surface area contributed by atoms with Crippen LogP contribution in [0.4, 0.5) is 8.78 Å². The van der Waals surface area contributed by atoms with E-state index in [4.69, 9.17) is 4.42 Å². The van der Waals surface area contributed by atoms with Gasteiger partial charge in [-0.1, -0.05) is 0 Å². The molecule has 2 aromatic rings. The first-order valence-electron chi connectivity index (χ1n) is 4.20. The fraction of sp³-hybridized carbons (Fsp3) is 0. The minimum absolute atomic E-state index is 0.0334. The molecule has 1 heterocycles. The normalized spacial score (nSPS) is 10.3. The Kier molecular flexibility index (Phi) is 2.33. The summed E-state index contributed by atoms with van der Waals surface area (Å²) in [5, 5.41) is 0. The van der Waals surface area contributed by atoms with E-state index in [1.54, 1.807) is 0 Å². The zero-order valence-electron chi connectivity index (χ0n) is 7.54. The molecule has 1 aromatic carbocycles. The van der Waals surface area contributed by atoms with Crippen LogP contribution in [0.3, 0.4) is 0 Å². The van der Waals surface area contributed by atoms with E-state index in [0.29, 0.717) is 6.07 Å². The Hall–Kier alpha value is -1.97. The second-order valence-corrected chi connectivity index (χ2v) is 3.00. The van der Waals surface area contributed by atoms with Crippen molar-refractivity contribution < 1.29 is 18.0 Å². The standard InChI is InChI=1S/C11H6F2O2/c12-9-3-8(4-10(13)5-9)11(14)7-1-2-15-6-7/h1-6H. The van der Waals surface area contributed by atoms with Gasteiger partial charge in [0.25, 0.3) is 0 Å². The van der Waals surface area contributed by atoms with E-state index in [0.717, 1.165) is 12.1 Å². The highest BCUT2D eigenvalue weighted by Crippen LogP contribution is 2.13. The molecule has 0 fully saturated rings. The summed E-state index contributed by atoms with van der Waals surface area (Å²) in [6.07, 6.45) is 2.55. The van der Waals surface area contributed by atoms with Gasteiger partial charge in [-0.05, 0) is 18.2 Å². The molecule has 15 heavy (non-hydrogen) atoms. The van der Waals surface area contributed by atoms with Crippen LogP contribution in [-0.2, 0) is 0 Å². The van der Waals surface area contributed by atoms with E-state index in [2.05, 4.69) is 0 Å². The summed E-state index contributed by atoms with van der Waals surface area (Å²) in [6, 6.07) is 4.12. The molecule has 0 spiro atoms. The van der Waals surface area contributed by atoms with Gasteiger partial charge in [0, 0.05) is 11.6 Å². The molecule has 76 valence electrons. The molecule has 1 aromatic heterocycles. The Labute approximate surface area is 84.1 Å². The van der Waals surface area contributed by atoms with Crippen molar-refractivity contribution in [2.45, 2.75) is 0 Å². The molecule has 0 aliphatic carbocycles. The number of carbonyl (C=O) groups excluding carboxylic acids is 1. The lowest BCUT2D eigenvalue weighted by Crippen LogP contribution is -2.00. The van der Waals surface area contributed by atoms with Crippen LogP contribution >= 0.6 is 0 Å². The lowest BCUT2D eigenvalue weighted by Gasteiger charge is -1.98. The van der Waals surface area contributed by atoms with Gasteiger partial charge in [0.1, 0.15) is 17.9 Å². The molecule has 0 unspecified atom stereocenters. The Morgan fingerprint density at radius 1 is 1.07 bits per heavy atom. The molecule has 2 rings (SSSR count). The maximum atomic E-state index is 12.8. The molecule has 0 radical (unpaired) electrons. The van der Waals surface area contributed by atoms with E-state index in [1.165, 1.54) is 18.6 Å². The third-order valence-corrected chi connectivity index (χ3v) is 1.91. The number of rotatable bonds is 2. The molecule has 2 nitrogen and oxygen atoms in total. The Morgan fingerprint density at radius 3 is 2.27 bits per heavy atom. The Bertz CT molecular complexity index is 469. The van der Waals surface area contributed by atoms with Gasteiger partial charge in [-0.3, -0.25) is 4.79 Å². The largest absolute Gasteiger partial charge is 0.472 e. The van der Waals surface area contributed by atoms with Gasteiger partial charge in [0.05, 0.1) is 11.8 Å². The molecule has 0 aliphatic heterocycles. The van der Waals surface area contributed by atoms with Crippen LogP contribution in [0.15, 0.2) is 41.2 Å². The smallest absolute Gasteiger partial charge is 0.196 e. The van der Waals surface area contributed by atoms with Crippen molar-refractivity contribution >= 4 is 5.78 Å². The second-order valence-electron chi connectivity index (χ2n) is 3.00. The molecule has 0 aliphatic rings. The predicted molar refractivity (Wildman–Crippen MR) is 48.5 cm³/mol. The molecule has 0 bridgehead atoms. The van der Waals surface area contributed by atoms with Crippen molar-refractivity contribution in [2.24, 2.45) is 0 Å². The number of hydrogen-bond donors (Lipinski definition) is 0. The van der Waals surface area contributed by atoms with Crippen LogP contribution in [-0.4, -0.2) is 5.78 Å². The number of halogens is 2. The molecule has 4 heteroatoms. The van der Waals surface area contributed by atoms with Crippen LogP contribution in [0.5, 0.6) is 0 Å². The van der Waals surface area contributed by atoms with Gasteiger partial charge in [-0.25, -0.2) is 8.78 Å². The number of ketones is 1. The summed E-state index contributed by atoms with van der Waals surface area (Å²) in [5.41, 5.74) is 0.230. The van der Waals surface area contributed by atoms with Crippen molar-refractivity contribution in [3.63, 3.8) is 0 Å². The molecule has 0 N–H and O–H groups in total. The zero-order chi connectivity index (χ0) is 10.8. The fourth-order valence-corrected chi connectivity index (χ4v) is 1.25. The van der Waals surface area contributed by atoms with Gasteiger partial charge in [0.2, 0.25) is 0 Å². The molecular formula is C11H6F2O2. The van der Waals surface area contributed by atoms with Crippen molar-refractivity contribution in [1.29, 1.82) is 0 Å². The van der Waals surface area contributed by atoms with Gasteiger partial charge < -0.3 is 4.42 Å². The van der Waals surface area contributed by atoms with Crippen molar-refractivity contribution in [3.05, 3.63) is 59.6 Å². The third kappa shape index (κ3) is 1.93. The zero-order valence-corrected chi connectivity index (χ0v) is 7.54. The van der Waals surface area contributed by atoms with Gasteiger partial charge in [-0.15, -0.1) is 0 Å². The molecule has 0 saturated carbocycles. The topological polar surface area (TPSA) is 30.2 Å². The van der Waals surface area contributed by atoms with Crippen LogP contribution in [0.2, 0.25) is 0 Å². The summed E-state index contributed by atoms with van der Waals surface area (Å²) >= 11 is 0. The Balaban J connectivity index is 2.42. The first kappa shape index (κ1) is 9.58. The lowest BCUT2D eigenvalue weighted by molar-refractivity contribution is 0.103. The first-order chi connectivity index (χ1) is 7.16. The van der Waals surface area contributed by atoms with Crippen LogP contribution in [0.25, 0.3) is 0 Å². The number of hydrogen-bond acceptors (Lipinski definition) is 2. The summed E-state index contributed by atoms with van der Waals surface area (Å²) in [5.74, 6) is -2.02. The first-order valence-corrected chi connectivity index (χ1v) is 4.20. The van der Waals surface area contributed by atoms with Gasteiger partial charge in [-0.2, -0.15) is 0 Å².